The Balaban J connectivity index is 0.00000133. The van der Waals surface area contributed by atoms with E-state index in [1.165, 1.54) is 12.1 Å². The Kier molecular flexibility index (Phi) is 3.30. The summed E-state index contributed by atoms with van der Waals surface area (Å²) in [6.45, 7) is 0.226. The Labute approximate surface area is 112 Å². The highest BCUT2D eigenvalue weighted by Gasteiger charge is 2.73. The maximum absolute atomic E-state index is 13.2. The van der Waals surface area contributed by atoms with E-state index < -0.39 is 35.5 Å². The van der Waals surface area contributed by atoms with E-state index in [-0.39, 0.29) is 19.0 Å². The van der Waals surface area contributed by atoms with Crippen molar-refractivity contribution in [3.63, 3.8) is 0 Å². The molecule has 0 spiro atoms. The first kappa shape index (κ1) is 14.5. The first-order valence-corrected chi connectivity index (χ1v) is 5.60. The molecular formula is C12H11ClF5N. The van der Waals surface area contributed by atoms with Crippen LogP contribution in [0.3, 0.4) is 0 Å². The van der Waals surface area contributed by atoms with Crippen molar-refractivity contribution < 1.29 is 22.0 Å². The van der Waals surface area contributed by atoms with Gasteiger partial charge in [0.1, 0.15) is 0 Å². The predicted octanol–water partition coefficient (Wildman–Crippen LogP) is 3.65. The van der Waals surface area contributed by atoms with Crippen molar-refractivity contribution in [2.75, 3.05) is 6.54 Å². The molecule has 1 aromatic rings. The number of fused-ring (bicyclic) bond motifs is 1. The van der Waals surface area contributed by atoms with Crippen molar-refractivity contribution in [3.8, 4) is 0 Å². The number of nitrogens with one attached hydrogen (secondary N) is 1. The smallest absolute Gasteiger partial charge is 0.309 e. The number of rotatable bonds is 1. The van der Waals surface area contributed by atoms with E-state index in [9.17, 15) is 22.0 Å². The zero-order valence-electron chi connectivity index (χ0n) is 9.55. The van der Waals surface area contributed by atoms with E-state index in [2.05, 4.69) is 5.32 Å². The van der Waals surface area contributed by atoms with Crippen molar-refractivity contribution in [3.05, 3.63) is 35.4 Å². The van der Waals surface area contributed by atoms with Gasteiger partial charge in [0.05, 0.1) is 11.5 Å². The van der Waals surface area contributed by atoms with Crippen LogP contribution in [-0.2, 0) is 6.18 Å². The maximum atomic E-state index is 13.2. The third-order valence-electron chi connectivity index (χ3n) is 3.78. The van der Waals surface area contributed by atoms with Crippen LogP contribution in [0.25, 0.3) is 0 Å². The highest BCUT2D eigenvalue weighted by atomic mass is 35.5. The normalized spacial score (nSPS) is 31.5. The molecule has 2 fully saturated rings. The summed E-state index contributed by atoms with van der Waals surface area (Å²) in [7, 11) is 0. The van der Waals surface area contributed by atoms with Crippen molar-refractivity contribution in [1.29, 1.82) is 0 Å². The lowest BCUT2D eigenvalue weighted by molar-refractivity contribution is -0.137. The average molecular weight is 300 g/mol. The molecule has 1 aliphatic carbocycles. The van der Waals surface area contributed by atoms with Crippen molar-refractivity contribution in [2.45, 2.75) is 18.1 Å². The zero-order valence-corrected chi connectivity index (χ0v) is 10.4. The number of alkyl halides is 5. The van der Waals surface area contributed by atoms with Crippen LogP contribution in [0.1, 0.15) is 17.2 Å². The molecular weight excluding hydrogens is 289 g/mol. The second-order valence-corrected chi connectivity index (χ2v) is 4.81. The van der Waals surface area contributed by atoms with E-state index in [4.69, 9.17) is 0 Å². The molecule has 0 bridgehead atoms. The van der Waals surface area contributed by atoms with Gasteiger partial charge >= 0.3 is 6.18 Å². The second-order valence-electron chi connectivity index (χ2n) is 4.81. The number of piperidine rings is 1. The van der Waals surface area contributed by atoms with Crippen LogP contribution in [0, 0.1) is 11.8 Å². The molecule has 1 heterocycles. The van der Waals surface area contributed by atoms with E-state index in [1.54, 1.807) is 0 Å². The van der Waals surface area contributed by atoms with Crippen molar-refractivity contribution in [1.82, 2.24) is 5.32 Å². The average Bonchev–Trinajstić information content (AvgIpc) is 2.68. The molecule has 1 saturated carbocycles. The van der Waals surface area contributed by atoms with Crippen LogP contribution in [0.4, 0.5) is 22.0 Å². The topological polar surface area (TPSA) is 12.0 Å². The highest BCUT2D eigenvalue weighted by Crippen LogP contribution is 2.63. The van der Waals surface area contributed by atoms with Gasteiger partial charge in [0, 0.05) is 18.5 Å². The minimum absolute atomic E-state index is 0. The molecule has 3 atom stereocenters. The van der Waals surface area contributed by atoms with Crippen LogP contribution in [0.5, 0.6) is 0 Å². The molecule has 19 heavy (non-hydrogen) atoms. The van der Waals surface area contributed by atoms with Gasteiger partial charge in [-0.2, -0.15) is 13.2 Å². The first-order chi connectivity index (χ1) is 8.32. The largest absolute Gasteiger partial charge is 0.416 e. The molecule has 2 aliphatic rings. The monoisotopic (exact) mass is 299 g/mol. The molecule has 1 nitrogen and oxygen atoms in total. The summed E-state index contributed by atoms with van der Waals surface area (Å²) >= 11 is 0. The van der Waals surface area contributed by atoms with Gasteiger partial charge in [0.15, 0.2) is 0 Å². The van der Waals surface area contributed by atoms with Gasteiger partial charge in [-0.25, -0.2) is 8.78 Å². The molecule has 106 valence electrons. The summed E-state index contributed by atoms with van der Waals surface area (Å²) in [5.41, 5.74) is -0.268. The molecule has 3 rings (SSSR count). The Bertz CT molecular complexity index is 470. The number of hydrogen-bond donors (Lipinski definition) is 1. The van der Waals surface area contributed by atoms with Crippen LogP contribution in [-0.4, -0.2) is 12.5 Å². The van der Waals surface area contributed by atoms with Gasteiger partial charge in [-0.3, -0.25) is 0 Å². The summed E-state index contributed by atoms with van der Waals surface area (Å²) in [5, 5.41) is 2.92. The van der Waals surface area contributed by atoms with Crippen molar-refractivity contribution >= 4 is 12.4 Å². The van der Waals surface area contributed by atoms with Crippen molar-refractivity contribution in [2.24, 2.45) is 11.8 Å². The first-order valence-electron chi connectivity index (χ1n) is 5.60. The van der Waals surface area contributed by atoms with E-state index >= 15 is 0 Å². The van der Waals surface area contributed by atoms with Crippen LogP contribution in [0.15, 0.2) is 24.3 Å². The summed E-state index contributed by atoms with van der Waals surface area (Å²) in [6, 6.07) is 3.89. The third-order valence-corrected chi connectivity index (χ3v) is 3.78. The molecule has 1 aromatic carbocycles. The maximum Gasteiger partial charge on any atom is 0.416 e. The standard InChI is InChI=1S/C12H10F5N.ClH/c13-11(14)8-5-18-10(9(8)11)6-1-3-7(4-2-6)12(15,16)17;/h1-4,8-10,18H,5H2;1H/t8-,9-,10+;/m1./s1. The Morgan fingerprint density at radius 3 is 2.11 bits per heavy atom. The Morgan fingerprint density at radius 1 is 1.11 bits per heavy atom. The number of benzene rings is 1. The SMILES string of the molecule is Cl.FC(F)(F)c1ccc([C@@H]2NC[C@@H]3[C@H]2C3(F)F)cc1. The molecule has 0 radical (unpaired) electrons. The summed E-state index contributed by atoms with van der Waals surface area (Å²) in [6.07, 6.45) is -4.40. The Morgan fingerprint density at radius 2 is 1.68 bits per heavy atom. The predicted molar refractivity (Wildman–Crippen MR) is 61.4 cm³/mol. The van der Waals surface area contributed by atoms with Gasteiger partial charge in [-0.05, 0) is 17.7 Å². The van der Waals surface area contributed by atoms with Gasteiger partial charge in [-0.1, -0.05) is 12.1 Å². The molecule has 7 heteroatoms. The van der Waals surface area contributed by atoms with Gasteiger partial charge in [0.25, 0.3) is 5.92 Å². The van der Waals surface area contributed by atoms with Gasteiger partial charge in [0.2, 0.25) is 0 Å². The van der Waals surface area contributed by atoms with Crippen LogP contribution >= 0.6 is 12.4 Å². The van der Waals surface area contributed by atoms with E-state index in [0.29, 0.717) is 5.56 Å². The van der Waals surface area contributed by atoms with Gasteiger partial charge in [-0.15, -0.1) is 12.4 Å². The summed E-state index contributed by atoms with van der Waals surface area (Å²) in [5.74, 6) is -4.10. The third kappa shape index (κ3) is 2.21. The lowest BCUT2D eigenvalue weighted by Gasteiger charge is -2.16. The van der Waals surface area contributed by atoms with E-state index in [0.717, 1.165) is 12.1 Å². The Hall–Kier alpha value is -0.880. The molecule has 0 aromatic heterocycles. The molecule has 1 aliphatic heterocycles. The molecule has 0 unspecified atom stereocenters. The lowest BCUT2D eigenvalue weighted by Crippen LogP contribution is -2.24. The summed E-state index contributed by atoms with van der Waals surface area (Å²) in [4.78, 5) is 0. The fourth-order valence-corrected chi connectivity index (χ4v) is 2.72. The van der Waals surface area contributed by atoms with Crippen LogP contribution in [0.2, 0.25) is 0 Å². The molecule has 1 saturated heterocycles. The fourth-order valence-electron chi connectivity index (χ4n) is 2.72. The minimum atomic E-state index is -4.40. The number of hydrogen-bond acceptors (Lipinski definition) is 1. The minimum Gasteiger partial charge on any atom is -0.309 e. The van der Waals surface area contributed by atoms with Gasteiger partial charge < -0.3 is 5.32 Å². The zero-order chi connectivity index (χ0) is 13.1. The summed E-state index contributed by atoms with van der Waals surface area (Å²) < 4.78 is 63.6. The second kappa shape index (κ2) is 4.31. The number of halogens is 6. The van der Waals surface area contributed by atoms with Crippen LogP contribution < -0.4 is 5.32 Å². The molecule has 0 amide bonds. The fraction of sp³-hybridized carbons (Fsp3) is 0.500. The quantitative estimate of drug-likeness (QED) is 0.781. The van der Waals surface area contributed by atoms with E-state index in [1.807, 2.05) is 0 Å². The lowest BCUT2D eigenvalue weighted by atomic mass is 10.0. The highest BCUT2D eigenvalue weighted by molar-refractivity contribution is 5.85. The molecule has 1 N–H and O–H groups in total.